The van der Waals surface area contributed by atoms with E-state index in [9.17, 15) is 9.59 Å². The van der Waals surface area contributed by atoms with Gasteiger partial charge in [0.1, 0.15) is 0 Å². The first kappa shape index (κ1) is 13.2. The smallest absolute Gasteiger partial charge is 0.472 e. The third kappa shape index (κ3) is 4.22. The summed E-state index contributed by atoms with van der Waals surface area (Å²) in [7, 11) is 0. The number of nitrogens with zero attached hydrogens (tertiary/aromatic N) is 1. The first-order chi connectivity index (χ1) is 8.15. The zero-order chi connectivity index (χ0) is 12.7. The van der Waals surface area contributed by atoms with Gasteiger partial charge in [-0.25, -0.2) is 4.79 Å². The molecule has 2 N–H and O–H groups in total. The Bertz CT molecular complexity index is 467. The summed E-state index contributed by atoms with van der Waals surface area (Å²) in [4.78, 5) is 24.6. The summed E-state index contributed by atoms with van der Waals surface area (Å²) in [5.74, 6) is -1.45. The standard InChI is InChI=1S/C11H10N2O3S/c12-13-10(11(15)16)9(14)7-17-6-8-4-2-1-3-5-8/h1-5,12H,6-7H2/p+1. The van der Waals surface area contributed by atoms with Crippen molar-refractivity contribution >= 4 is 29.2 Å². The van der Waals surface area contributed by atoms with Gasteiger partial charge in [0.15, 0.2) is 0 Å². The van der Waals surface area contributed by atoms with Crippen LogP contribution in [0.3, 0.4) is 0 Å². The minimum Gasteiger partial charge on any atom is -0.472 e. The van der Waals surface area contributed by atoms with Gasteiger partial charge in [-0.3, -0.25) is 4.79 Å². The van der Waals surface area contributed by atoms with Crippen molar-refractivity contribution in [3.05, 3.63) is 35.9 Å². The lowest BCUT2D eigenvalue weighted by atomic mass is 10.2. The topological polar surface area (TPSA) is 92.3 Å². The Hall–Kier alpha value is -1.91. The summed E-state index contributed by atoms with van der Waals surface area (Å²) < 4.78 is 0. The molecule has 88 valence electrons. The van der Waals surface area contributed by atoms with Gasteiger partial charge >= 0.3 is 11.7 Å². The second-order valence-electron chi connectivity index (χ2n) is 3.17. The van der Waals surface area contributed by atoms with Crippen molar-refractivity contribution in [1.29, 1.82) is 5.53 Å². The summed E-state index contributed by atoms with van der Waals surface area (Å²) in [5, 5.41) is 8.58. The molecule has 0 aliphatic heterocycles. The summed E-state index contributed by atoms with van der Waals surface area (Å²) in [6.07, 6.45) is 0. The predicted molar refractivity (Wildman–Crippen MR) is 63.2 cm³/mol. The number of hydrogen-bond acceptors (Lipinski definition) is 4. The fraction of sp³-hybridized carbons (Fsp3) is 0.182. The van der Waals surface area contributed by atoms with Crippen molar-refractivity contribution in [3.63, 3.8) is 0 Å². The SMILES string of the molecule is N=[N+]=C(C(=O)O)C(=O)CSCc1ccccc1. The minimum absolute atomic E-state index is 0.0128. The van der Waals surface area contributed by atoms with Crippen molar-refractivity contribution in [2.45, 2.75) is 5.75 Å². The second-order valence-corrected chi connectivity index (χ2v) is 4.15. The minimum atomic E-state index is -1.45. The molecule has 0 unspecified atom stereocenters. The molecular formula is C11H11N2O3S+. The molecule has 0 saturated carbocycles. The molecule has 0 fully saturated rings. The number of benzene rings is 1. The molecule has 1 rings (SSSR count). The number of aliphatic carboxylic acids is 1. The zero-order valence-electron chi connectivity index (χ0n) is 8.92. The van der Waals surface area contributed by atoms with Crippen molar-refractivity contribution in [3.8, 4) is 0 Å². The molecule has 0 bridgehead atoms. The molecule has 6 heteroatoms. The number of carbonyl (C=O) groups excluding carboxylic acids is 1. The zero-order valence-corrected chi connectivity index (χ0v) is 9.74. The monoisotopic (exact) mass is 251 g/mol. The average molecular weight is 251 g/mol. The maximum absolute atomic E-state index is 11.4. The van der Waals surface area contributed by atoms with Crippen LogP contribution in [0, 0.1) is 5.53 Å². The van der Waals surface area contributed by atoms with Crippen molar-refractivity contribution in [2.24, 2.45) is 0 Å². The first-order valence-corrected chi connectivity index (χ1v) is 5.93. The molecule has 1 aromatic rings. The van der Waals surface area contributed by atoms with Crippen LogP contribution in [0.4, 0.5) is 0 Å². The highest BCUT2D eigenvalue weighted by molar-refractivity contribution is 7.99. The van der Waals surface area contributed by atoms with Gasteiger partial charge in [0, 0.05) is 5.75 Å². The van der Waals surface area contributed by atoms with Crippen LogP contribution >= 0.6 is 11.8 Å². The Labute approximate surface area is 102 Å². The van der Waals surface area contributed by atoms with Gasteiger partial charge in [-0.1, -0.05) is 30.3 Å². The first-order valence-electron chi connectivity index (χ1n) is 4.77. The molecule has 0 spiro atoms. The molecule has 0 radical (unpaired) electrons. The number of hydrogen-bond donors (Lipinski definition) is 2. The lowest BCUT2D eigenvalue weighted by Gasteiger charge is -1.98. The Morgan fingerprint density at radius 2 is 1.94 bits per heavy atom. The summed E-state index contributed by atoms with van der Waals surface area (Å²) in [5.41, 5.74) is 6.94. The highest BCUT2D eigenvalue weighted by Gasteiger charge is 2.31. The number of rotatable bonds is 6. The molecule has 17 heavy (non-hydrogen) atoms. The Balaban J connectivity index is 2.45. The Morgan fingerprint density at radius 3 is 2.47 bits per heavy atom. The van der Waals surface area contributed by atoms with Gasteiger partial charge in [-0.15, -0.1) is 11.8 Å². The molecule has 0 aliphatic carbocycles. The summed E-state index contributed by atoms with van der Waals surface area (Å²) in [6.45, 7) is 0. The maximum atomic E-state index is 11.4. The number of ketones is 1. The van der Waals surface area contributed by atoms with E-state index in [-0.39, 0.29) is 5.75 Å². The summed E-state index contributed by atoms with van der Waals surface area (Å²) >= 11 is 1.30. The number of Topliss-reactive ketones (excluding diaryl/α,β-unsaturated/α-hetero) is 1. The van der Waals surface area contributed by atoms with E-state index in [0.717, 1.165) is 5.56 Å². The lowest BCUT2D eigenvalue weighted by Crippen LogP contribution is -2.26. The fourth-order valence-electron chi connectivity index (χ4n) is 1.13. The molecule has 0 atom stereocenters. The van der Waals surface area contributed by atoms with Crippen molar-refractivity contribution < 1.29 is 19.5 Å². The summed E-state index contributed by atoms with van der Waals surface area (Å²) in [6, 6.07) is 9.54. The van der Waals surface area contributed by atoms with Crippen LogP contribution in [0.5, 0.6) is 0 Å². The molecule has 5 nitrogen and oxygen atoms in total. The van der Waals surface area contributed by atoms with E-state index in [1.807, 2.05) is 30.3 Å². The molecule has 0 aliphatic rings. The highest BCUT2D eigenvalue weighted by atomic mass is 32.2. The molecule has 1 aromatic carbocycles. The van der Waals surface area contributed by atoms with Gasteiger partial charge in [0.25, 0.3) is 5.78 Å². The molecular weight excluding hydrogens is 240 g/mol. The van der Waals surface area contributed by atoms with Crippen LogP contribution in [0.1, 0.15) is 5.56 Å². The molecule has 0 aromatic heterocycles. The van der Waals surface area contributed by atoms with E-state index in [2.05, 4.69) is 4.79 Å². The van der Waals surface area contributed by atoms with Crippen LogP contribution in [0.25, 0.3) is 0 Å². The van der Waals surface area contributed by atoms with Crippen LogP contribution in [-0.2, 0) is 15.3 Å². The Morgan fingerprint density at radius 1 is 1.29 bits per heavy atom. The van der Waals surface area contributed by atoms with E-state index in [4.69, 9.17) is 10.6 Å². The normalized spacial score (nSPS) is 9.41. The van der Waals surface area contributed by atoms with Crippen LogP contribution < -0.4 is 0 Å². The Kier molecular flexibility index (Phi) is 5.13. The molecule has 0 saturated heterocycles. The van der Waals surface area contributed by atoms with Gasteiger partial charge in [0.2, 0.25) is 0 Å². The number of nitrogens with one attached hydrogen (secondary N) is 1. The van der Waals surface area contributed by atoms with Crippen LogP contribution in [0.2, 0.25) is 0 Å². The van der Waals surface area contributed by atoms with Gasteiger partial charge in [-0.05, 0) is 5.56 Å². The van der Waals surface area contributed by atoms with E-state index >= 15 is 0 Å². The van der Waals surface area contributed by atoms with Crippen LogP contribution in [-0.4, -0.2) is 33.1 Å². The van der Waals surface area contributed by atoms with E-state index in [1.54, 1.807) is 0 Å². The van der Waals surface area contributed by atoms with Gasteiger partial charge < -0.3 is 5.11 Å². The number of thioether (sulfide) groups is 1. The quantitative estimate of drug-likeness (QED) is 0.344. The van der Waals surface area contributed by atoms with Crippen molar-refractivity contribution in [2.75, 3.05) is 5.75 Å². The average Bonchev–Trinajstić information content (AvgIpc) is 2.30. The highest BCUT2D eigenvalue weighted by Crippen LogP contribution is 2.11. The second kappa shape index (κ2) is 6.62. The maximum Gasteiger partial charge on any atom is 0.491 e. The predicted octanol–water partition coefficient (Wildman–Crippen LogP) is 1.25. The number of carboxylic acid groups (broad SMARTS) is 1. The van der Waals surface area contributed by atoms with Crippen molar-refractivity contribution in [1.82, 2.24) is 0 Å². The molecule has 0 amide bonds. The van der Waals surface area contributed by atoms with Crippen LogP contribution in [0.15, 0.2) is 30.3 Å². The largest absolute Gasteiger partial charge is 0.491 e. The fourth-order valence-corrected chi connectivity index (χ4v) is 1.99. The van der Waals surface area contributed by atoms with Gasteiger partial charge in [-0.2, -0.15) is 0 Å². The van der Waals surface area contributed by atoms with Gasteiger partial charge in [0.05, 0.1) is 16.1 Å². The van der Waals surface area contributed by atoms with E-state index < -0.39 is 17.5 Å². The number of carbonyl (C=O) groups is 2. The number of carboxylic acids is 1. The third-order valence-electron chi connectivity index (χ3n) is 1.92. The van der Waals surface area contributed by atoms with E-state index in [0.29, 0.717) is 5.75 Å². The lowest BCUT2D eigenvalue weighted by molar-refractivity contribution is -0.152. The molecule has 0 heterocycles. The third-order valence-corrected chi connectivity index (χ3v) is 2.93. The van der Waals surface area contributed by atoms with E-state index in [1.165, 1.54) is 11.8 Å².